The Bertz CT molecular complexity index is 572. The summed E-state index contributed by atoms with van der Waals surface area (Å²) in [6.07, 6.45) is 1.71. The predicted molar refractivity (Wildman–Crippen MR) is 83.6 cm³/mol. The van der Waals surface area contributed by atoms with E-state index in [4.69, 9.17) is 0 Å². The summed E-state index contributed by atoms with van der Waals surface area (Å²) in [6.45, 7) is 7.52. The highest BCUT2D eigenvalue weighted by molar-refractivity contribution is 7.89. The summed E-state index contributed by atoms with van der Waals surface area (Å²) in [5.41, 5.74) is 0.983. The van der Waals surface area contributed by atoms with Crippen LogP contribution in [0.5, 0.6) is 0 Å². The number of aryl methyl sites for hydroxylation is 1. The quantitative estimate of drug-likeness (QED) is 0.858. The van der Waals surface area contributed by atoms with E-state index in [2.05, 4.69) is 24.1 Å². The maximum absolute atomic E-state index is 12.7. The van der Waals surface area contributed by atoms with Crippen molar-refractivity contribution in [2.24, 2.45) is 7.05 Å². The van der Waals surface area contributed by atoms with Gasteiger partial charge in [-0.2, -0.15) is 4.31 Å². The van der Waals surface area contributed by atoms with E-state index in [1.54, 1.807) is 16.6 Å². The van der Waals surface area contributed by atoms with Crippen molar-refractivity contribution >= 4 is 10.0 Å². The third kappa shape index (κ3) is 3.85. The Morgan fingerprint density at radius 2 is 1.81 bits per heavy atom. The van der Waals surface area contributed by atoms with Crippen LogP contribution in [-0.2, 0) is 23.6 Å². The maximum atomic E-state index is 12.7. The molecule has 2 heterocycles. The molecule has 120 valence electrons. The van der Waals surface area contributed by atoms with Gasteiger partial charge in [-0.25, -0.2) is 8.42 Å². The molecule has 2 rings (SSSR count). The number of rotatable bonds is 5. The van der Waals surface area contributed by atoms with Crippen LogP contribution in [0, 0.1) is 0 Å². The number of nitrogens with one attached hydrogen (secondary N) is 1. The van der Waals surface area contributed by atoms with Gasteiger partial charge in [-0.15, -0.1) is 0 Å². The summed E-state index contributed by atoms with van der Waals surface area (Å²) in [4.78, 5) is 2.55. The molecule has 0 unspecified atom stereocenters. The Morgan fingerprint density at radius 1 is 1.19 bits per heavy atom. The lowest BCUT2D eigenvalue weighted by atomic mass is 10.3. The smallest absolute Gasteiger partial charge is 0.244 e. The molecular formula is C14H26N4O2S. The molecule has 0 spiro atoms. The average Bonchev–Trinajstić information content (AvgIpc) is 2.79. The molecule has 0 radical (unpaired) electrons. The minimum Gasteiger partial charge on any atom is -0.352 e. The fourth-order valence-electron chi connectivity index (χ4n) is 2.38. The Morgan fingerprint density at radius 3 is 2.38 bits per heavy atom. The van der Waals surface area contributed by atoms with Gasteiger partial charge in [0.05, 0.1) is 0 Å². The minimum absolute atomic E-state index is 0.373. The van der Waals surface area contributed by atoms with Crippen LogP contribution in [-0.4, -0.2) is 61.5 Å². The van der Waals surface area contributed by atoms with Crippen molar-refractivity contribution in [1.82, 2.24) is 19.1 Å². The third-order valence-corrected chi connectivity index (χ3v) is 5.74. The second kappa shape index (κ2) is 6.48. The van der Waals surface area contributed by atoms with E-state index < -0.39 is 10.0 Å². The lowest BCUT2D eigenvalue weighted by Gasteiger charge is -2.31. The summed E-state index contributed by atoms with van der Waals surface area (Å²) < 4.78 is 28.8. The molecule has 1 aliphatic rings. The SMILES string of the molecule is CC(C)NCc1cc(S(=O)(=O)N2CCN(C)CC2)cn1C. The van der Waals surface area contributed by atoms with E-state index in [0.29, 0.717) is 30.6 Å². The molecule has 1 aromatic heterocycles. The average molecular weight is 314 g/mol. The Labute approximate surface area is 127 Å². The number of hydrogen-bond donors (Lipinski definition) is 1. The van der Waals surface area contributed by atoms with Gasteiger partial charge in [-0.3, -0.25) is 0 Å². The molecule has 0 bridgehead atoms. The standard InChI is InChI=1S/C14H26N4O2S/c1-12(2)15-10-13-9-14(11-17(13)4)21(19,20)18-7-5-16(3)6-8-18/h9,11-12,15H,5-8,10H2,1-4H3. The van der Waals surface area contributed by atoms with Crippen LogP contribution in [0.2, 0.25) is 0 Å². The van der Waals surface area contributed by atoms with Gasteiger partial charge in [0.2, 0.25) is 10.0 Å². The summed E-state index contributed by atoms with van der Waals surface area (Å²) in [7, 11) is 0.538. The van der Waals surface area contributed by atoms with Crippen molar-refractivity contribution in [2.45, 2.75) is 31.3 Å². The number of sulfonamides is 1. The third-order valence-electron chi connectivity index (χ3n) is 3.87. The summed E-state index contributed by atoms with van der Waals surface area (Å²) in [5.74, 6) is 0. The molecule has 1 aromatic rings. The zero-order chi connectivity index (χ0) is 15.6. The topological polar surface area (TPSA) is 57.6 Å². The van der Waals surface area contributed by atoms with Gasteiger partial charge in [-0.05, 0) is 13.1 Å². The van der Waals surface area contributed by atoms with E-state index in [0.717, 1.165) is 18.8 Å². The minimum atomic E-state index is -3.37. The van der Waals surface area contributed by atoms with Crippen LogP contribution in [0.3, 0.4) is 0 Å². The molecule has 0 saturated carbocycles. The van der Waals surface area contributed by atoms with Gasteiger partial charge >= 0.3 is 0 Å². The van der Waals surface area contributed by atoms with Crippen LogP contribution >= 0.6 is 0 Å². The molecule has 6 nitrogen and oxygen atoms in total. The fourth-order valence-corrected chi connectivity index (χ4v) is 3.90. The first-order valence-electron chi connectivity index (χ1n) is 7.38. The maximum Gasteiger partial charge on any atom is 0.244 e. The highest BCUT2D eigenvalue weighted by Gasteiger charge is 2.28. The molecule has 0 aromatic carbocycles. The zero-order valence-electron chi connectivity index (χ0n) is 13.3. The van der Waals surface area contributed by atoms with Crippen LogP contribution in [0.25, 0.3) is 0 Å². The van der Waals surface area contributed by atoms with Crippen molar-refractivity contribution < 1.29 is 8.42 Å². The van der Waals surface area contributed by atoms with Gasteiger partial charge < -0.3 is 14.8 Å². The monoisotopic (exact) mass is 314 g/mol. The molecule has 1 aliphatic heterocycles. The van der Waals surface area contributed by atoms with Crippen LogP contribution < -0.4 is 5.32 Å². The van der Waals surface area contributed by atoms with Gasteiger partial charge in [0.25, 0.3) is 0 Å². The molecule has 7 heteroatoms. The summed E-state index contributed by atoms with van der Waals surface area (Å²) in [5, 5.41) is 3.32. The molecule has 21 heavy (non-hydrogen) atoms. The Kier molecular flexibility index (Phi) is 5.08. The number of aromatic nitrogens is 1. The first kappa shape index (κ1) is 16.5. The highest BCUT2D eigenvalue weighted by Crippen LogP contribution is 2.19. The van der Waals surface area contributed by atoms with Crippen molar-refractivity contribution in [3.05, 3.63) is 18.0 Å². The van der Waals surface area contributed by atoms with Gasteiger partial charge in [0.1, 0.15) is 4.90 Å². The number of piperazine rings is 1. The lowest BCUT2D eigenvalue weighted by Crippen LogP contribution is -2.46. The van der Waals surface area contributed by atoms with Crippen molar-refractivity contribution in [3.8, 4) is 0 Å². The Balaban J connectivity index is 2.15. The van der Waals surface area contributed by atoms with E-state index in [1.165, 1.54) is 0 Å². The van der Waals surface area contributed by atoms with E-state index in [-0.39, 0.29) is 0 Å². The van der Waals surface area contributed by atoms with Gasteiger partial charge in [0.15, 0.2) is 0 Å². The van der Waals surface area contributed by atoms with Crippen LogP contribution in [0.4, 0.5) is 0 Å². The van der Waals surface area contributed by atoms with Gasteiger partial charge in [-0.1, -0.05) is 13.8 Å². The lowest BCUT2D eigenvalue weighted by molar-refractivity contribution is 0.222. The fraction of sp³-hybridized carbons (Fsp3) is 0.714. The first-order valence-corrected chi connectivity index (χ1v) is 8.82. The van der Waals surface area contributed by atoms with Gasteiger partial charge in [0, 0.05) is 57.7 Å². The predicted octanol–water partition coefficient (Wildman–Crippen LogP) is 0.459. The van der Waals surface area contributed by atoms with E-state index >= 15 is 0 Å². The summed E-state index contributed by atoms with van der Waals surface area (Å²) in [6, 6.07) is 2.15. The highest BCUT2D eigenvalue weighted by atomic mass is 32.2. The van der Waals surface area contributed by atoms with Crippen molar-refractivity contribution in [3.63, 3.8) is 0 Å². The van der Waals surface area contributed by atoms with E-state index in [9.17, 15) is 8.42 Å². The molecule has 0 atom stereocenters. The summed E-state index contributed by atoms with van der Waals surface area (Å²) >= 11 is 0. The van der Waals surface area contributed by atoms with Crippen LogP contribution in [0.15, 0.2) is 17.2 Å². The second-order valence-corrected chi connectivity index (χ2v) is 7.96. The molecule has 1 fully saturated rings. The first-order chi connectivity index (χ1) is 9.80. The van der Waals surface area contributed by atoms with Crippen molar-refractivity contribution in [1.29, 1.82) is 0 Å². The second-order valence-electron chi connectivity index (χ2n) is 6.02. The normalized spacial score (nSPS) is 18.5. The molecule has 0 aliphatic carbocycles. The van der Waals surface area contributed by atoms with Crippen molar-refractivity contribution in [2.75, 3.05) is 33.2 Å². The van der Waals surface area contributed by atoms with Crippen LogP contribution in [0.1, 0.15) is 19.5 Å². The molecular weight excluding hydrogens is 288 g/mol. The Hall–Kier alpha value is -0.890. The number of nitrogens with zero attached hydrogens (tertiary/aromatic N) is 3. The molecule has 0 amide bonds. The number of likely N-dealkylation sites (N-methyl/N-ethyl adjacent to an activating group) is 1. The van der Waals surface area contributed by atoms with E-state index in [1.807, 2.05) is 18.7 Å². The number of hydrogen-bond acceptors (Lipinski definition) is 4. The molecule has 1 saturated heterocycles. The largest absolute Gasteiger partial charge is 0.352 e. The zero-order valence-corrected chi connectivity index (χ0v) is 14.2. The molecule has 1 N–H and O–H groups in total.